The molecule has 5 nitrogen and oxygen atoms in total. The first kappa shape index (κ1) is 14.3. The van der Waals surface area contributed by atoms with Gasteiger partial charge in [0.2, 0.25) is 5.91 Å². The number of carboxylic acid groups (broad SMARTS) is 1. The van der Waals surface area contributed by atoms with Crippen LogP contribution in [0.1, 0.15) is 5.69 Å². The molecule has 1 aromatic carbocycles. The lowest BCUT2D eigenvalue weighted by molar-refractivity contribution is -0.133. The highest BCUT2D eigenvalue weighted by atomic mass is 32.2. The summed E-state index contributed by atoms with van der Waals surface area (Å²) >= 11 is 1.07. The van der Waals surface area contributed by atoms with Crippen molar-refractivity contribution in [2.75, 3.05) is 16.8 Å². The molecule has 20 heavy (non-hydrogen) atoms. The third-order valence-electron chi connectivity index (χ3n) is 2.58. The summed E-state index contributed by atoms with van der Waals surface area (Å²) in [4.78, 5) is 26.6. The zero-order valence-electron chi connectivity index (χ0n) is 10.9. The summed E-state index contributed by atoms with van der Waals surface area (Å²) in [7, 11) is 0. The number of aryl methyl sites for hydroxylation is 1. The van der Waals surface area contributed by atoms with E-state index in [1.807, 2.05) is 37.3 Å². The second-order valence-electron chi connectivity index (χ2n) is 4.26. The molecule has 2 N–H and O–H groups in total. The van der Waals surface area contributed by atoms with E-state index >= 15 is 0 Å². The number of aliphatic carboxylic acids is 1. The van der Waals surface area contributed by atoms with Crippen LogP contribution in [-0.4, -0.2) is 33.5 Å². The van der Waals surface area contributed by atoms with Gasteiger partial charge in [-0.1, -0.05) is 18.2 Å². The lowest BCUT2D eigenvalue weighted by Crippen LogP contribution is -2.16. The Morgan fingerprint density at radius 1 is 1.30 bits per heavy atom. The molecule has 6 heteroatoms. The van der Waals surface area contributed by atoms with Gasteiger partial charge in [0.15, 0.2) is 0 Å². The molecule has 104 valence electrons. The highest BCUT2D eigenvalue weighted by Crippen LogP contribution is 2.23. The number of para-hydroxylation sites is 1. The van der Waals surface area contributed by atoms with Crippen molar-refractivity contribution >= 4 is 40.2 Å². The number of amides is 1. The van der Waals surface area contributed by atoms with Crippen molar-refractivity contribution in [1.82, 2.24) is 4.98 Å². The molecule has 0 aliphatic carbocycles. The van der Waals surface area contributed by atoms with Crippen LogP contribution in [0.2, 0.25) is 0 Å². The van der Waals surface area contributed by atoms with Gasteiger partial charge >= 0.3 is 5.97 Å². The smallest absolute Gasteiger partial charge is 0.313 e. The molecule has 0 fully saturated rings. The Labute approximate surface area is 120 Å². The third-order valence-corrected chi connectivity index (χ3v) is 3.49. The number of nitrogens with one attached hydrogen (secondary N) is 1. The van der Waals surface area contributed by atoms with Gasteiger partial charge in [-0.05, 0) is 19.1 Å². The van der Waals surface area contributed by atoms with Crippen molar-refractivity contribution in [1.29, 1.82) is 0 Å². The van der Waals surface area contributed by atoms with E-state index in [-0.39, 0.29) is 17.4 Å². The van der Waals surface area contributed by atoms with Gasteiger partial charge in [0.1, 0.15) is 0 Å². The van der Waals surface area contributed by atoms with Crippen LogP contribution in [0.5, 0.6) is 0 Å². The van der Waals surface area contributed by atoms with Gasteiger partial charge in [-0.2, -0.15) is 0 Å². The van der Waals surface area contributed by atoms with Gasteiger partial charge < -0.3 is 10.4 Å². The number of benzene rings is 1. The Kier molecular flexibility index (Phi) is 4.57. The predicted octanol–water partition coefficient (Wildman–Crippen LogP) is 2.30. The highest BCUT2D eigenvalue weighted by molar-refractivity contribution is 8.00. The molecule has 0 unspecified atom stereocenters. The number of thioether (sulfide) groups is 1. The number of pyridine rings is 1. The topological polar surface area (TPSA) is 79.3 Å². The minimum absolute atomic E-state index is 0.0798. The zero-order chi connectivity index (χ0) is 14.5. The maximum atomic E-state index is 11.8. The van der Waals surface area contributed by atoms with Crippen molar-refractivity contribution in [2.45, 2.75) is 6.92 Å². The largest absolute Gasteiger partial charge is 0.481 e. The van der Waals surface area contributed by atoms with Crippen LogP contribution in [0.15, 0.2) is 30.3 Å². The SMILES string of the molecule is Cc1cc(NC(=O)CSCC(=O)O)c2ccccc2n1. The molecule has 0 aliphatic heterocycles. The molecule has 0 saturated carbocycles. The first-order valence-electron chi connectivity index (χ1n) is 6.02. The van der Waals surface area contributed by atoms with E-state index in [2.05, 4.69) is 10.3 Å². The molecule has 0 radical (unpaired) electrons. The summed E-state index contributed by atoms with van der Waals surface area (Å²) in [6.07, 6.45) is 0. The van der Waals surface area contributed by atoms with Crippen LogP contribution in [0.4, 0.5) is 5.69 Å². The van der Waals surface area contributed by atoms with Crippen LogP contribution in [0.3, 0.4) is 0 Å². The van der Waals surface area contributed by atoms with Crippen molar-refractivity contribution in [3.05, 3.63) is 36.0 Å². The number of aromatic nitrogens is 1. The Bertz CT molecular complexity index is 658. The minimum atomic E-state index is -0.923. The molecule has 2 rings (SSSR count). The van der Waals surface area contributed by atoms with Gasteiger partial charge in [0, 0.05) is 11.1 Å². The highest BCUT2D eigenvalue weighted by Gasteiger charge is 2.08. The van der Waals surface area contributed by atoms with Crippen molar-refractivity contribution in [3.63, 3.8) is 0 Å². The summed E-state index contributed by atoms with van der Waals surface area (Å²) in [5.74, 6) is -1.11. The molecule has 0 bridgehead atoms. The van der Waals surface area contributed by atoms with Crippen LogP contribution in [0.25, 0.3) is 10.9 Å². The number of rotatable bonds is 5. The predicted molar refractivity (Wildman–Crippen MR) is 80.1 cm³/mol. The maximum absolute atomic E-state index is 11.8. The van der Waals surface area contributed by atoms with Gasteiger partial charge in [0.05, 0.1) is 22.7 Å². The Balaban J connectivity index is 2.13. The van der Waals surface area contributed by atoms with Gasteiger partial charge in [-0.15, -0.1) is 11.8 Å². The average Bonchev–Trinajstić information content (AvgIpc) is 2.38. The normalized spacial score (nSPS) is 10.4. The standard InChI is InChI=1S/C14H14N2O3S/c1-9-6-12(10-4-2-3-5-11(10)15-9)16-13(17)7-20-8-14(18)19/h2-6H,7-8H2,1H3,(H,18,19)(H,15,16,17). The second-order valence-corrected chi connectivity index (χ2v) is 5.25. The molecule has 1 heterocycles. The fraction of sp³-hybridized carbons (Fsp3) is 0.214. The molecule has 1 amide bonds. The van der Waals surface area contributed by atoms with E-state index in [1.54, 1.807) is 0 Å². The fourth-order valence-corrected chi connectivity index (χ4v) is 2.36. The van der Waals surface area contributed by atoms with Crippen LogP contribution in [0, 0.1) is 6.92 Å². The number of hydrogen-bond donors (Lipinski definition) is 2. The first-order valence-corrected chi connectivity index (χ1v) is 7.17. The summed E-state index contributed by atoms with van der Waals surface area (Å²) in [6, 6.07) is 9.36. The molecule has 0 atom stereocenters. The van der Waals surface area contributed by atoms with Crippen LogP contribution in [-0.2, 0) is 9.59 Å². The molecule has 0 aliphatic rings. The maximum Gasteiger partial charge on any atom is 0.313 e. The van der Waals surface area contributed by atoms with Gasteiger partial charge in [-0.25, -0.2) is 0 Å². The summed E-state index contributed by atoms with van der Waals surface area (Å²) < 4.78 is 0. The molecule has 2 aromatic rings. The lowest BCUT2D eigenvalue weighted by Gasteiger charge is -2.09. The molecular weight excluding hydrogens is 276 g/mol. The van der Waals surface area contributed by atoms with Crippen LogP contribution >= 0.6 is 11.8 Å². The van der Waals surface area contributed by atoms with Gasteiger partial charge in [-0.3, -0.25) is 14.6 Å². The first-order chi connectivity index (χ1) is 9.56. The summed E-state index contributed by atoms with van der Waals surface area (Å²) in [5.41, 5.74) is 2.34. The zero-order valence-corrected chi connectivity index (χ0v) is 11.7. The third kappa shape index (κ3) is 3.71. The van der Waals surface area contributed by atoms with E-state index in [1.165, 1.54) is 0 Å². The van der Waals surface area contributed by atoms with Gasteiger partial charge in [0.25, 0.3) is 0 Å². The lowest BCUT2D eigenvalue weighted by atomic mass is 10.1. The Morgan fingerprint density at radius 3 is 2.80 bits per heavy atom. The average molecular weight is 290 g/mol. The fourth-order valence-electron chi connectivity index (χ4n) is 1.83. The Morgan fingerprint density at radius 2 is 2.05 bits per heavy atom. The number of fused-ring (bicyclic) bond motifs is 1. The number of carboxylic acids is 1. The van der Waals surface area contributed by atoms with E-state index in [9.17, 15) is 9.59 Å². The molecule has 1 aromatic heterocycles. The summed E-state index contributed by atoms with van der Waals surface area (Å²) in [6.45, 7) is 1.86. The van der Waals surface area contributed by atoms with Crippen LogP contribution < -0.4 is 5.32 Å². The quantitative estimate of drug-likeness (QED) is 0.883. The molecule has 0 spiro atoms. The molecular formula is C14H14N2O3S. The number of carbonyl (C=O) groups is 2. The Hall–Kier alpha value is -2.08. The number of hydrogen-bond acceptors (Lipinski definition) is 4. The number of carbonyl (C=O) groups excluding carboxylic acids is 1. The summed E-state index contributed by atoms with van der Waals surface area (Å²) in [5, 5.41) is 12.2. The minimum Gasteiger partial charge on any atom is -0.481 e. The van der Waals surface area contributed by atoms with E-state index in [0.29, 0.717) is 5.69 Å². The molecule has 0 saturated heterocycles. The van der Waals surface area contributed by atoms with E-state index < -0.39 is 5.97 Å². The van der Waals surface area contributed by atoms with Crippen molar-refractivity contribution in [3.8, 4) is 0 Å². The second kappa shape index (κ2) is 6.38. The van der Waals surface area contributed by atoms with E-state index in [0.717, 1.165) is 28.4 Å². The number of anilines is 1. The van der Waals surface area contributed by atoms with E-state index in [4.69, 9.17) is 5.11 Å². The van der Waals surface area contributed by atoms with Crippen molar-refractivity contribution in [2.24, 2.45) is 0 Å². The number of nitrogens with zero attached hydrogens (tertiary/aromatic N) is 1. The van der Waals surface area contributed by atoms with Crippen molar-refractivity contribution < 1.29 is 14.7 Å². The monoisotopic (exact) mass is 290 g/mol.